The average Bonchev–Trinajstić information content (AvgIpc) is 2.82. The quantitative estimate of drug-likeness (QED) is 0.830. The Balaban J connectivity index is 2.07. The number of aryl methyl sites for hydroxylation is 1. The van der Waals surface area contributed by atoms with E-state index in [1.54, 1.807) is 0 Å². The Morgan fingerprint density at radius 1 is 0.941 bits per heavy atom. The van der Waals surface area contributed by atoms with Gasteiger partial charge in [-0.1, -0.05) is 48.5 Å². The van der Waals surface area contributed by atoms with Gasteiger partial charge in [-0.25, -0.2) is 0 Å². The molecule has 1 nitrogen and oxygen atoms in total. The van der Waals surface area contributed by atoms with E-state index in [1.165, 1.54) is 16.7 Å². The Labute approximate surface area is 102 Å². The van der Waals surface area contributed by atoms with Gasteiger partial charge in [0.15, 0.2) is 0 Å². The molecule has 0 saturated carbocycles. The molecule has 1 N–H and O–H groups in total. The summed E-state index contributed by atoms with van der Waals surface area (Å²) in [7, 11) is 0. The number of rotatable bonds is 2. The van der Waals surface area contributed by atoms with Crippen LogP contribution in [0, 0.1) is 0 Å². The third kappa shape index (κ3) is 1.77. The van der Waals surface area contributed by atoms with Crippen LogP contribution in [0.5, 0.6) is 0 Å². The third-order valence-corrected chi connectivity index (χ3v) is 3.73. The van der Waals surface area contributed by atoms with Gasteiger partial charge in [-0.2, -0.15) is 0 Å². The lowest BCUT2D eigenvalue weighted by Gasteiger charge is -2.15. The molecule has 1 unspecified atom stereocenters. The maximum absolute atomic E-state index is 9.43. The van der Waals surface area contributed by atoms with Crippen molar-refractivity contribution in [1.29, 1.82) is 0 Å². The molecule has 3 rings (SSSR count). The molecule has 2 aromatic carbocycles. The molecule has 0 aliphatic heterocycles. The largest absolute Gasteiger partial charge is 0.392 e. The first-order valence-corrected chi connectivity index (χ1v) is 6.16. The summed E-state index contributed by atoms with van der Waals surface area (Å²) < 4.78 is 0. The second kappa shape index (κ2) is 4.34. The fraction of sp³-hybridized carbons (Fsp3) is 0.250. The monoisotopic (exact) mass is 224 g/mol. The molecule has 1 aliphatic carbocycles. The van der Waals surface area contributed by atoms with E-state index < -0.39 is 0 Å². The second-order valence-corrected chi connectivity index (χ2v) is 4.65. The fourth-order valence-electron chi connectivity index (χ4n) is 2.90. The van der Waals surface area contributed by atoms with Gasteiger partial charge in [0.2, 0.25) is 0 Å². The maximum atomic E-state index is 9.43. The molecule has 17 heavy (non-hydrogen) atoms. The molecule has 2 aromatic rings. The van der Waals surface area contributed by atoms with Gasteiger partial charge in [-0.05, 0) is 35.1 Å². The molecular weight excluding hydrogens is 208 g/mol. The lowest BCUT2D eigenvalue weighted by atomic mass is 9.90. The Morgan fingerprint density at radius 3 is 2.47 bits per heavy atom. The van der Waals surface area contributed by atoms with Gasteiger partial charge in [0, 0.05) is 5.92 Å². The summed E-state index contributed by atoms with van der Waals surface area (Å²) in [5.74, 6) is 0.467. The Kier molecular flexibility index (Phi) is 2.69. The minimum atomic E-state index is 0.134. The van der Waals surface area contributed by atoms with Crippen molar-refractivity contribution >= 4 is 0 Å². The zero-order valence-electron chi connectivity index (χ0n) is 9.76. The van der Waals surface area contributed by atoms with Gasteiger partial charge in [-0.15, -0.1) is 0 Å². The summed E-state index contributed by atoms with van der Waals surface area (Å²) in [5.41, 5.74) is 5.26. The molecule has 1 heteroatoms. The zero-order valence-corrected chi connectivity index (χ0v) is 9.76. The summed E-state index contributed by atoms with van der Waals surface area (Å²) in [5, 5.41) is 9.43. The third-order valence-electron chi connectivity index (χ3n) is 3.73. The molecule has 86 valence electrons. The minimum Gasteiger partial charge on any atom is -0.392 e. The molecule has 0 amide bonds. The predicted molar refractivity (Wildman–Crippen MR) is 69.0 cm³/mol. The van der Waals surface area contributed by atoms with Crippen molar-refractivity contribution < 1.29 is 5.11 Å². The van der Waals surface area contributed by atoms with E-state index in [9.17, 15) is 5.11 Å². The van der Waals surface area contributed by atoms with Gasteiger partial charge in [0.25, 0.3) is 0 Å². The van der Waals surface area contributed by atoms with Crippen LogP contribution < -0.4 is 0 Å². The summed E-state index contributed by atoms with van der Waals surface area (Å²) in [6, 6.07) is 16.9. The summed E-state index contributed by atoms with van der Waals surface area (Å²) >= 11 is 0. The van der Waals surface area contributed by atoms with Crippen molar-refractivity contribution in [3.05, 3.63) is 70.8 Å². The topological polar surface area (TPSA) is 20.2 Å². The summed E-state index contributed by atoms with van der Waals surface area (Å²) in [6.45, 7) is 0.134. The van der Waals surface area contributed by atoms with Crippen LogP contribution in [-0.2, 0) is 13.0 Å². The first kappa shape index (κ1) is 10.5. The highest BCUT2D eigenvalue weighted by Crippen LogP contribution is 2.39. The zero-order chi connectivity index (χ0) is 11.7. The number of hydrogen-bond acceptors (Lipinski definition) is 1. The van der Waals surface area contributed by atoms with Gasteiger partial charge < -0.3 is 5.11 Å². The van der Waals surface area contributed by atoms with Gasteiger partial charge in [0.05, 0.1) is 6.61 Å². The van der Waals surface area contributed by atoms with E-state index in [2.05, 4.69) is 36.4 Å². The summed E-state index contributed by atoms with van der Waals surface area (Å²) in [6.07, 6.45) is 2.32. The Bertz CT molecular complexity index is 531. The van der Waals surface area contributed by atoms with Crippen molar-refractivity contribution in [3.8, 4) is 0 Å². The number of hydrogen-bond donors (Lipinski definition) is 1. The number of aliphatic hydroxyl groups excluding tert-OH is 1. The average molecular weight is 224 g/mol. The SMILES string of the molecule is OCc1ccccc1C1CCc2ccccc21. The molecule has 0 radical (unpaired) electrons. The highest BCUT2D eigenvalue weighted by Gasteiger charge is 2.24. The van der Waals surface area contributed by atoms with Crippen LogP contribution in [0.1, 0.15) is 34.6 Å². The van der Waals surface area contributed by atoms with Crippen LogP contribution in [0.2, 0.25) is 0 Å². The van der Waals surface area contributed by atoms with Gasteiger partial charge in [0.1, 0.15) is 0 Å². The van der Waals surface area contributed by atoms with Crippen LogP contribution >= 0.6 is 0 Å². The molecule has 0 aromatic heterocycles. The van der Waals surface area contributed by atoms with Crippen LogP contribution in [0.4, 0.5) is 0 Å². The smallest absolute Gasteiger partial charge is 0.0684 e. The van der Waals surface area contributed by atoms with Crippen molar-refractivity contribution in [1.82, 2.24) is 0 Å². The van der Waals surface area contributed by atoms with Crippen molar-refractivity contribution in [2.24, 2.45) is 0 Å². The van der Waals surface area contributed by atoms with E-state index >= 15 is 0 Å². The predicted octanol–water partition coefficient (Wildman–Crippen LogP) is 3.26. The molecule has 0 fully saturated rings. The van der Waals surface area contributed by atoms with E-state index in [1.807, 2.05) is 12.1 Å². The first-order valence-electron chi connectivity index (χ1n) is 6.16. The highest BCUT2D eigenvalue weighted by atomic mass is 16.3. The number of benzene rings is 2. The molecular formula is C16H16O. The Hall–Kier alpha value is -1.60. The fourth-order valence-corrected chi connectivity index (χ4v) is 2.90. The van der Waals surface area contributed by atoms with Crippen molar-refractivity contribution in [2.75, 3.05) is 0 Å². The highest BCUT2D eigenvalue weighted by molar-refractivity contribution is 5.44. The molecule has 0 bridgehead atoms. The lowest BCUT2D eigenvalue weighted by Crippen LogP contribution is -2.01. The second-order valence-electron chi connectivity index (χ2n) is 4.65. The van der Waals surface area contributed by atoms with E-state index in [0.29, 0.717) is 5.92 Å². The van der Waals surface area contributed by atoms with Crippen molar-refractivity contribution in [3.63, 3.8) is 0 Å². The lowest BCUT2D eigenvalue weighted by molar-refractivity contribution is 0.280. The Morgan fingerprint density at radius 2 is 1.65 bits per heavy atom. The minimum absolute atomic E-state index is 0.134. The standard InChI is InChI=1S/C16H16O/c17-11-13-6-2-4-8-15(13)16-10-9-12-5-1-3-7-14(12)16/h1-8,16-17H,9-11H2. The van der Waals surface area contributed by atoms with Crippen molar-refractivity contribution in [2.45, 2.75) is 25.4 Å². The molecule has 0 spiro atoms. The van der Waals surface area contributed by atoms with Gasteiger partial charge in [-0.3, -0.25) is 0 Å². The number of aliphatic hydroxyl groups is 1. The summed E-state index contributed by atoms with van der Waals surface area (Å²) in [4.78, 5) is 0. The molecule has 1 aliphatic rings. The maximum Gasteiger partial charge on any atom is 0.0684 e. The number of fused-ring (bicyclic) bond motifs is 1. The molecule has 1 atom stereocenters. The molecule has 0 saturated heterocycles. The van der Waals surface area contributed by atoms with Crippen LogP contribution in [0.25, 0.3) is 0 Å². The van der Waals surface area contributed by atoms with E-state index in [0.717, 1.165) is 18.4 Å². The van der Waals surface area contributed by atoms with Crippen LogP contribution in [0.15, 0.2) is 48.5 Å². The van der Waals surface area contributed by atoms with E-state index in [-0.39, 0.29) is 6.61 Å². The van der Waals surface area contributed by atoms with E-state index in [4.69, 9.17) is 0 Å². The normalized spacial score (nSPS) is 18.1. The molecule has 0 heterocycles. The first-order chi connectivity index (χ1) is 8.40. The van der Waals surface area contributed by atoms with Crippen LogP contribution in [0.3, 0.4) is 0 Å². The van der Waals surface area contributed by atoms with Crippen LogP contribution in [-0.4, -0.2) is 5.11 Å². The van der Waals surface area contributed by atoms with Gasteiger partial charge >= 0.3 is 0 Å².